The van der Waals surface area contributed by atoms with Crippen LogP contribution in [0.4, 0.5) is 21.6 Å². The van der Waals surface area contributed by atoms with Crippen molar-refractivity contribution in [2.75, 3.05) is 11.1 Å². The molecule has 0 bridgehead atoms. The van der Waals surface area contributed by atoms with Gasteiger partial charge in [-0.05, 0) is 24.3 Å². The van der Waals surface area contributed by atoms with E-state index in [-0.39, 0.29) is 11.4 Å². The molecule has 0 aliphatic rings. The molecule has 0 unspecified atom stereocenters. The Bertz CT molecular complexity index is 673. The summed E-state index contributed by atoms with van der Waals surface area (Å²) < 4.78 is 13.1. The third kappa shape index (κ3) is 2.86. The number of halogens is 1. The molecule has 2 rings (SSSR count). The summed E-state index contributed by atoms with van der Waals surface area (Å²) in [6, 6.07) is 5.59. The van der Waals surface area contributed by atoms with Gasteiger partial charge < -0.3 is 11.1 Å². The normalized spacial score (nSPS) is 10.1. The molecule has 7 nitrogen and oxygen atoms in total. The van der Waals surface area contributed by atoms with E-state index in [0.29, 0.717) is 5.69 Å². The van der Waals surface area contributed by atoms with Crippen LogP contribution in [0.2, 0.25) is 0 Å². The fourth-order valence-corrected chi connectivity index (χ4v) is 1.53. The molecule has 0 fully saturated rings. The van der Waals surface area contributed by atoms with Crippen LogP contribution in [-0.4, -0.2) is 15.8 Å². The first-order valence-corrected chi connectivity index (χ1v) is 5.44. The highest BCUT2D eigenvalue weighted by atomic mass is 19.1. The van der Waals surface area contributed by atoms with Gasteiger partial charge in [-0.1, -0.05) is 0 Å². The van der Waals surface area contributed by atoms with Crippen LogP contribution in [0.15, 0.2) is 36.5 Å². The van der Waals surface area contributed by atoms with Gasteiger partial charge in [-0.15, -0.1) is 0 Å². The van der Waals surface area contributed by atoms with Crippen LogP contribution in [0.3, 0.4) is 0 Å². The number of rotatable bonds is 3. The van der Waals surface area contributed by atoms with Crippen molar-refractivity contribution in [1.29, 1.82) is 0 Å². The number of amides is 1. The van der Waals surface area contributed by atoms with E-state index < -0.39 is 22.3 Å². The number of hydrogen-bond acceptors (Lipinski definition) is 5. The second-order valence-electron chi connectivity index (χ2n) is 3.84. The van der Waals surface area contributed by atoms with Crippen LogP contribution in [-0.2, 0) is 0 Å². The standard InChI is InChI=1S/C12H9FN4O3/c13-7-1-3-10(17(19)20)9(5-7)12(18)16-8-2-4-11(14)15-6-8/h1-6H,(H2,14,15)(H,16,18). The Morgan fingerprint density at radius 3 is 2.70 bits per heavy atom. The summed E-state index contributed by atoms with van der Waals surface area (Å²) in [5.41, 5.74) is 4.84. The van der Waals surface area contributed by atoms with E-state index in [1.807, 2.05) is 0 Å². The van der Waals surface area contributed by atoms with Crippen molar-refractivity contribution in [3.05, 3.63) is 58.0 Å². The third-order valence-electron chi connectivity index (χ3n) is 2.44. The van der Waals surface area contributed by atoms with E-state index in [0.717, 1.165) is 18.2 Å². The first-order valence-electron chi connectivity index (χ1n) is 5.44. The SMILES string of the molecule is Nc1ccc(NC(=O)c2cc(F)ccc2[N+](=O)[O-])cn1. The number of hydrogen-bond donors (Lipinski definition) is 2. The largest absolute Gasteiger partial charge is 0.384 e. The number of nitro benzene ring substituents is 1. The smallest absolute Gasteiger partial charge is 0.282 e. The lowest BCUT2D eigenvalue weighted by Crippen LogP contribution is -2.14. The molecular weight excluding hydrogens is 267 g/mol. The second kappa shape index (κ2) is 5.31. The maximum Gasteiger partial charge on any atom is 0.282 e. The predicted molar refractivity (Wildman–Crippen MR) is 69.7 cm³/mol. The van der Waals surface area contributed by atoms with Crippen molar-refractivity contribution in [3.8, 4) is 0 Å². The molecule has 1 aromatic heterocycles. The van der Waals surface area contributed by atoms with Gasteiger partial charge in [0.2, 0.25) is 0 Å². The van der Waals surface area contributed by atoms with Gasteiger partial charge in [-0.2, -0.15) is 0 Å². The molecule has 0 aliphatic carbocycles. The number of carbonyl (C=O) groups is 1. The number of nitrogens with one attached hydrogen (secondary N) is 1. The average molecular weight is 276 g/mol. The first kappa shape index (κ1) is 13.4. The highest BCUT2D eigenvalue weighted by Gasteiger charge is 2.21. The Labute approximate surface area is 112 Å². The van der Waals surface area contributed by atoms with E-state index in [1.54, 1.807) is 0 Å². The van der Waals surface area contributed by atoms with Gasteiger partial charge in [0.15, 0.2) is 0 Å². The predicted octanol–water partition coefficient (Wildman–Crippen LogP) is 1.96. The zero-order chi connectivity index (χ0) is 14.7. The molecule has 3 N–H and O–H groups in total. The molecule has 2 aromatic rings. The lowest BCUT2D eigenvalue weighted by molar-refractivity contribution is -0.385. The Balaban J connectivity index is 2.31. The molecule has 1 amide bonds. The maximum atomic E-state index is 13.1. The molecule has 1 aromatic carbocycles. The second-order valence-corrected chi connectivity index (χ2v) is 3.84. The number of carbonyl (C=O) groups excluding carboxylic acids is 1. The van der Waals surface area contributed by atoms with Crippen LogP contribution < -0.4 is 11.1 Å². The number of nitrogens with two attached hydrogens (primary N) is 1. The fourth-order valence-electron chi connectivity index (χ4n) is 1.53. The Morgan fingerprint density at radius 2 is 2.10 bits per heavy atom. The molecule has 0 saturated carbocycles. The minimum absolute atomic E-state index is 0.264. The summed E-state index contributed by atoms with van der Waals surface area (Å²) >= 11 is 0. The lowest BCUT2D eigenvalue weighted by Gasteiger charge is -2.05. The van der Waals surface area contributed by atoms with E-state index in [1.165, 1.54) is 18.3 Å². The van der Waals surface area contributed by atoms with Gasteiger partial charge in [0.1, 0.15) is 17.2 Å². The number of nitrogens with zero attached hydrogens (tertiary/aromatic N) is 2. The minimum atomic E-state index is -0.803. The molecular formula is C12H9FN4O3. The van der Waals surface area contributed by atoms with Gasteiger partial charge in [-0.3, -0.25) is 14.9 Å². The molecule has 8 heteroatoms. The van der Waals surface area contributed by atoms with Crippen molar-refractivity contribution in [1.82, 2.24) is 4.98 Å². The van der Waals surface area contributed by atoms with Crippen LogP contribution in [0.25, 0.3) is 0 Å². The van der Waals surface area contributed by atoms with Crippen molar-refractivity contribution in [2.24, 2.45) is 0 Å². The summed E-state index contributed by atoms with van der Waals surface area (Å²) in [5.74, 6) is -1.28. The number of aromatic nitrogens is 1. The molecule has 0 radical (unpaired) electrons. The highest BCUT2D eigenvalue weighted by molar-refractivity contribution is 6.07. The number of nitrogen functional groups attached to an aromatic ring is 1. The summed E-state index contributed by atoms with van der Waals surface area (Å²) in [7, 11) is 0. The van der Waals surface area contributed by atoms with Gasteiger partial charge in [0.25, 0.3) is 11.6 Å². The number of benzene rings is 1. The van der Waals surface area contributed by atoms with Gasteiger partial charge in [0.05, 0.1) is 16.8 Å². The Hall–Kier alpha value is -3.03. The minimum Gasteiger partial charge on any atom is -0.384 e. The monoisotopic (exact) mass is 276 g/mol. The summed E-state index contributed by atoms with van der Waals surface area (Å²) in [4.78, 5) is 25.7. The van der Waals surface area contributed by atoms with Gasteiger partial charge in [-0.25, -0.2) is 9.37 Å². The summed E-state index contributed by atoms with van der Waals surface area (Å²) in [6.45, 7) is 0. The molecule has 0 spiro atoms. The summed E-state index contributed by atoms with van der Waals surface area (Å²) in [5, 5.41) is 13.2. The molecule has 102 valence electrons. The number of anilines is 2. The molecule has 0 aliphatic heterocycles. The Kier molecular flexibility index (Phi) is 3.56. The zero-order valence-electron chi connectivity index (χ0n) is 10.0. The van der Waals surface area contributed by atoms with Crippen molar-refractivity contribution in [3.63, 3.8) is 0 Å². The van der Waals surface area contributed by atoms with Crippen LogP contribution in [0, 0.1) is 15.9 Å². The quantitative estimate of drug-likeness (QED) is 0.657. The maximum absolute atomic E-state index is 13.1. The van der Waals surface area contributed by atoms with Crippen LogP contribution in [0.1, 0.15) is 10.4 Å². The van der Waals surface area contributed by atoms with Gasteiger partial charge in [0, 0.05) is 6.07 Å². The van der Waals surface area contributed by atoms with Crippen molar-refractivity contribution < 1.29 is 14.1 Å². The molecule has 20 heavy (non-hydrogen) atoms. The molecule has 0 atom stereocenters. The van der Waals surface area contributed by atoms with Crippen molar-refractivity contribution in [2.45, 2.75) is 0 Å². The van der Waals surface area contributed by atoms with E-state index in [2.05, 4.69) is 10.3 Å². The lowest BCUT2D eigenvalue weighted by atomic mass is 10.1. The van der Waals surface area contributed by atoms with E-state index in [9.17, 15) is 19.3 Å². The van der Waals surface area contributed by atoms with Crippen LogP contribution >= 0.6 is 0 Å². The van der Waals surface area contributed by atoms with E-state index in [4.69, 9.17) is 5.73 Å². The van der Waals surface area contributed by atoms with E-state index >= 15 is 0 Å². The van der Waals surface area contributed by atoms with Gasteiger partial charge >= 0.3 is 0 Å². The first-order chi connectivity index (χ1) is 9.47. The zero-order valence-corrected chi connectivity index (χ0v) is 10.0. The highest BCUT2D eigenvalue weighted by Crippen LogP contribution is 2.21. The number of pyridine rings is 1. The summed E-state index contributed by atoms with van der Waals surface area (Å²) in [6.07, 6.45) is 1.29. The van der Waals surface area contributed by atoms with Crippen LogP contribution in [0.5, 0.6) is 0 Å². The molecule has 0 saturated heterocycles. The topological polar surface area (TPSA) is 111 Å². The number of nitro groups is 1. The molecule has 1 heterocycles. The fraction of sp³-hybridized carbons (Fsp3) is 0. The third-order valence-corrected chi connectivity index (χ3v) is 2.44. The average Bonchev–Trinajstić information content (AvgIpc) is 2.41. The van der Waals surface area contributed by atoms with Crippen molar-refractivity contribution >= 4 is 23.1 Å². The Morgan fingerprint density at radius 1 is 1.35 bits per heavy atom.